The number of hydrogen-bond donors (Lipinski definition) is 1. The molecule has 0 unspecified atom stereocenters. The van der Waals surface area contributed by atoms with E-state index in [0.29, 0.717) is 12.0 Å². The predicted molar refractivity (Wildman–Crippen MR) is 145 cm³/mol. The Kier molecular flexibility index (Phi) is 6.28. The molecule has 0 atom stereocenters. The fraction of sp³-hybridized carbons (Fsp3) is 0.367. The van der Waals surface area contributed by atoms with Gasteiger partial charge in [-0.1, -0.05) is 54.6 Å². The first-order chi connectivity index (χ1) is 17.7. The van der Waals surface area contributed by atoms with Gasteiger partial charge in [0.1, 0.15) is 5.65 Å². The maximum absolute atomic E-state index is 14.1. The highest BCUT2D eigenvalue weighted by Gasteiger charge is 2.26. The number of hydrogen-bond acceptors (Lipinski definition) is 5. The number of pyridine rings is 1. The third-order valence-electron chi connectivity index (χ3n) is 7.82. The number of piperidine rings is 1. The summed E-state index contributed by atoms with van der Waals surface area (Å²) in [5.41, 5.74) is 4.94. The van der Waals surface area contributed by atoms with Crippen molar-refractivity contribution < 1.29 is 0 Å². The van der Waals surface area contributed by atoms with Crippen LogP contribution in [0.2, 0.25) is 0 Å². The lowest BCUT2D eigenvalue weighted by Gasteiger charge is -2.33. The Bertz CT molecular complexity index is 1420. The van der Waals surface area contributed by atoms with Crippen molar-refractivity contribution >= 4 is 17.0 Å². The van der Waals surface area contributed by atoms with E-state index in [4.69, 9.17) is 4.98 Å². The lowest BCUT2D eigenvalue weighted by molar-refractivity contribution is 0.180. The van der Waals surface area contributed by atoms with Crippen molar-refractivity contribution in [2.24, 2.45) is 0 Å². The summed E-state index contributed by atoms with van der Waals surface area (Å²) in [6, 6.07) is 21.3. The Labute approximate surface area is 212 Å². The van der Waals surface area contributed by atoms with Crippen molar-refractivity contribution in [1.29, 1.82) is 0 Å². The van der Waals surface area contributed by atoms with Crippen LogP contribution >= 0.6 is 0 Å². The molecule has 184 valence electrons. The zero-order valence-corrected chi connectivity index (χ0v) is 20.9. The van der Waals surface area contributed by atoms with Crippen LogP contribution in [-0.2, 0) is 6.54 Å². The van der Waals surface area contributed by atoms with Crippen molar-refractivity contribution in [1.82, 2.24) is 19.4 Å². The second kappa shape index (κ2) is 9.86. The molecule has 1 saturated heterocycles. The van der Waals surface area contributed by atoms with Crippen LogP contribution in [0, 0.1) is 6.92 Å². The highest BCUT2D eigenvalue weighted by molar-refractivity contribution is 5.82. The largest absolute Gasteiger partial charge is 0.351 e. The molecule has 1 aliphatic carbocycles. The molecule has 0 spiro atoms. The molecule has 1 N–H and O–H groups in total. The molecule has 0 amide bonds. The Morgan fingerprint density at radius 1 is 0.944 bits per heavy atom. The molecule has 1 aliphatic heterocycles. The van der Waals surface area contributed by atoms with E-state index in [0.717, 1.165) is 73.0 Å². The van der Waals surface area contributed by atoms with Crippen molar-refractivity contribution in [3.05, 3.63) is 88.3 Å². The average Bonchev–Trinajstić information content (AvgIpc) is 2.88. The molecule has 6 nitrogen and oxygen atoms in total. The number of benzene rings is 2. The number of fused-ring (bicyclic) bond motifs is 1. The summed E-state index contributed by atoms with van der Waals surface area (Å²) in [5.74, 6) is 0.630. The summed E-state index contributed by atoms with van der Waals surface area (Å²) in [7, 11) is 0. The van der Waals surface area contributed by atoms with Gasteiger partial charge in [0, 0.05) is 48.9 Å². The number of nitrogens with one attached hydrogen (secondary N) is 1. The van der Waals surface area contributed by atoms with Gasteiger partial charge in [-0.25, -0.2) is 4.98 Å². The zero-order valence-electron chi connectivity index (χ0n) is 20.9. The van der Waals surface area contributed by atoms with Gasteiger partial charge in [0.2, 0.25) is 5.95 Å². The maximum atomic E-state index is 14.1. The van der Waals surface area contributed by atoms with Gasteiger partial charge in [-0.05, 0) is 61.8 Å². The number of rotatable bonds is 6. The smallest absolute Gasteiger partial charge is 0.260 e. The molecular formula is C30H33N5O. The predicted octanol–water partition coefficient (Wildman–Crippen LogP) is 5.57. The van der Waals surface area contributed by atoms with E-state index < -0.39 is 0 Å². The molecule has 4 aromatic rings. The molecule has 2 aromatic heterocycles. The van der Waals surface area contributed by atoms with Gasteiger partial charge in [-0.2, -0.15) is 4.98 Å². The van der Waals surface area contributed by atoms with Crippen LogP contribution in [0.3, 0.4) is 0 Å². The van der Waals surface area contributed by atoms with Gasteiger partial charge in [0.05, 0.1) is 0 Å². The first kappa shape index (κ1) is 22.9. The van der Waals surface area contributed by atoms with Crippen LogP contribution < -0.4 is 10.9 Å². The first-order valence-electron chi connectivity index (χ1n) is 13.2. The standard InChI is InChI=1S/C30H33N5O/c1-21-8-5-6-13-26(21)27-18-23-19-31-30(32-24-11-7-12-24)33-28(23)35(29(27)36)25-14-16-34(17-15-25)20-22-9-3-2-4-10-22/h2-6,8-10,13,18-19,24-25H,7,11-12,14-17,20H2,1H3,(H,31,32,33). The van der Waals surface area contributed by atoms with Crippen LogP contribution in [0.1, 0.15) is 49.3 Å². The van der Waals surface area contributed by atoms with Gasteiger partial charge in [-0.15, -0.1) is 0 Å². The SMILES string of the molecule is Cc1ccccc1-c1cc2cnc(NC3CCC3)nc2n(C2CCN(Cc3ccccc3)CC2)c1=O. The number of aromatic nitrogens is 3. The van der Waals surface area contributed by atoms with E-state index in [-0.39, 0.29) is 11.6 Å². The fourth-order valence-corrected chi connectivity index (χ4v) is 5.51. The van der Waals surface area contributed by atoms with E-state index in [9.17, 15) is 4.79 Å². The third kappa shape index (κ3) is 4.53. The number of nitrogens with zero attached hydrogens (tertiary/aromatic N) is 4. The Balaban J connectivity index is 1.37. The van der Waals surface area contributed by atoms with Crippen molar-refractivity contribution in [2.75, 3.05) is 18.4 Å². The minimum absolute atomic E-state index is 0.0478. The summed E-state index contributed by atoms with van der Waals surface area (Å²) in [6.45, 7) is 4.93. The molecule has 0 radical (unpaired) electrons. The number of anilines is 1. The van der Waals surface area contributed by atoms with Crippen LogP contribution in [0.15, 0.2) is 71.7 Å². The number of likely N-dealkylation sites (tertiary alicyclic amines) is 1. The molecule has 2 aliphatic rings. The fourth-order valence-electron chi connectivity index (χ4n) is 5.51. The molecule has 1 saturated carbocycles. The summed E-state index contributed by atoms with van der Waals surface area (Å²) in [5, 5.41) is 4.38. The Hall–Kier alpha value is -3.51. The van der Waals surface area contributed by atoms with Crippen molar-refractivity contribution in [2.45, 2.75) is 57.7 Å². The van der Waals surface area contributed by atoms with Gasteiger partial charge >= 0.3 is 0 Å². The Morgan fingerprint density at radius 3 is 2.42 bits per heavy atom. The van der Waals surface area contributed by atoms with Gasteiger partial charge in [0.15, 0.2) is 0 Å². The van der Waals surface area contributed by atoms with Gasteiger partial charge < -0.3 is 5.32 Å². The third-order valence-corrected chi connectivity index (χ3v) is 7.82. The van der Waals surface area contributed by atoms with Crippen LogP contribution in [0.4, 0.5) is 5.95 Å². The minimum atomic E-state index is 0.0478. The quantitative estimate of drug-likeness (QED) is 0.392. The molecule has 2 fully saturated rings. The number of aryl methyl sites for hydroxylation is 1. The van der Waals surface area contributed by atoms with Gasteiger partial charge in [0.25, 0.3) is 5.56 Å². The molecule has 6 heteroatoms. The van der Waals surface area contributed by atoms with E-state index in [1.165, 1.54) is 12.0 Å². The normalized spacial score (nSPS) is 17.2. The average molecular weight is 480 g/mol. The van der Waals surface area contributed by atoms with E-state index in [1.807, 2.05) is 35.0 Å². The second-order valence-electron chi connectivity index (χ2n) is 10.3. The van der Waals surface area contributed by atoms with Crippen molar-refractivity contribution in [3.8, 4) is 11.1 Å². The van der Waals surface area contributed by atoms with Crippen LogP contribution in [0.25, 0.3) is 22.2 Å². The summed E-state index contributed by atoms with van der Waals surface area (Å²) < 4.78 is 1.98. The highest BCUT2D eigenvalue weighted by Crippen LogP contribution is 2.30. The molecular weight excluding hydrogens is 446 g/mol. The molecule has 2 aromatic carbocycles. The van der Waals surface area contributed by atoms with E-state index >= 15 is 0 Å². The maximum Gasteiger partial charge on any atom is 0.260 e. The minimum Gasteiger partial charge on any atom is -0.351 e. The van der Waals surface area contributed by atoms with E-state index in [1.54, 1.807) is 0 Å². The summed E-state index contributed by atoms with van der Waals surface area (Å²) >= 11 is 0. The van der Waals surface area contributed by atoms with Crippen LogP contribution in [0.5, 0.6) is 0 Å². The lowest BCUT2D eigenvalue weighted by Crippen LogP contribution is -2.38. The summed E-state index contributed by atoms with van der Waals surface area (Å²) in [4.78, 5) is 26.1. The summed E-state index contributed by atoms with van der Waals surface area (Å²) in [6.07, 6.45) is 7.28. The lowest BCUT2D eigenvalue weighted by atomic mass is 9.93. The first-order valence-corrected chi connectivity index (χ1v) is 13.2. The van der Waals surface area contributed by atoms with Gasteiger partial charge in [-0.3, -0.25) is 14.3 Å². The Morgan fingerprint density at radius 2 is 1.69 bits per heavy atom. The van der Waals surface area contributed by atoms with Crippen LogP contribution in [-0.4, -0.2) is 38.6 Å². The molecule has 0 bridgehead atoms. The topological polar surface area (TPSA) is 63.1 Å². The zero-order chi connectivity index (χ0) is 24.5. The molecule has 6 rings (SSSR count). The highest BCUT2D eigenvalue weighted by atomic mass is 16.1. The van der Waals surface area contributed by atoms with E-state index in [2.05, 4.69) is 58.5 Å². The molecule has 36 heavy (non-hydrogen) atoms. The monoisotopic (exact) mass is 479 g/mol. The second-order valence-corrected chi connectivity index (χ2v) is 10.3. The van der Waals surface area contributed by atoms with Crippen molar-refractivity contribution in [3.63, 3.8) is 0 Å². The molecule has 3 heterocycles.